The molecule has 0 atom stereocenters. The summed E-state index contributed by atoms with van der Waals surface area (Å²) < 4.78 is 19.4. The van der Waals surface area contributed by atoms with Gasteiger partial charge in [0.05, 0.1) is 22.8 Å². The van der Waals surface area contributed by atoms with Crippen LogP contribution in [0.2, 0.25) is 0 Å². The number of carbonyl (C=O) groups is 2. The van der Waals surface area contributed by atoms with E-state index in [9.17, 15) is 14.0 Å². The highest BCUT2D eigenvalue weighted by Gasteiger charge is 2.25. The van der Waals surface area contributed by atoms with Crippen LogP contribution in [0.4, 0.5) is 4.39 Å². The molecule has 0 spiro atoms. The minimum atomic E-state index is -0.603. The first-order valence-corrected chi connectivity index (χ1v) is 10.9. The monoisotopic (exact) mass is 435 g/mol. The van der Waals surface area contributed by atoms with Crippen molar-refractivity contribution >= 4 is 11.9 Å². The molecule has 0 aliphatic carbocycles. The van der Waals surface area contributed by atoms with Gasteiger partial charge in [-0.15, -0.1) is 0 Å². The van der Waals surface area contributed by atoms with Gasteiger partial charge in [-0.05, 0) is 68.0 Å². The van der Waals surface area contributed by atoms with Crippen molar-refractivity contribution in [2.45, 2.75) is 45.8 Å². The van der Waals surface area contributed by atoms with Crippen LogP contribution >= 0.6 is 0 Å². The van der Waals surface area contributed by atoms with Crippen molar-refractivity contribution in [2.24, 2.45) is 0 Å². The minimum absolute atomic E-state index is 0.0186. The average Bonchev–Trinajstić information content (AvgIpc) is 3.16. The van der Waals surface area contributed by atoms with E-state index in [1.165, 1.54) is 17.7 Å². The maximum atomic E-state index is 14.2. The maximum absolute atomic E-state index is 14.2. The number of hydrogen-bond acceptors (Lipinski definition) is 5. The lowest BCUT2D eigenvalue weighted by molar-refractivity contribution is 0.0534. The molecule has 0 radical (unpaired) electrons. The summed E-state index contributed by atoms with van der Waals surface area (Å²) in [5.41, 5.74) is 4.78. The van der Waals surface area contributed by atoms with Crippen molar-refractivity contribution in [1.29, 1.82) is 5.26 Å². The molecule has 32 heavy (non-hydrogen) atoms. The molecule has 2 heterocycles. The third-order valence-electron chi connectivity index (χ3n) is 6.58. The summed E-state index contributed by atoms with van der Waals surface area (Å²) >= 11 is 0. The Hall–Kier alpha value is -3.24. The SMILES string of the molecule is Cc1cc(F)c(C(=O)NC2CCN(CCc3ccc4c(c3C)COC4=O)CC2)cc1C#N. The number of esters is 1. The molecule has 0 aromatic heterocycles. The van der Waals surface area contributed by atoms with Gasteiger partial charge in [-0.2, -0.15) is 5.26 Å². The van der Waals surface area contributed by atoms with E-state index < -0.39 is 11.7 Å². The topological polar surface area (TPSA) is 82.4 Å². The number of ether oxygens (including phenoxy) is 1. The normalized spacial score (nSPS) is 16.4. The standard InChI is InChI=1S/C25H26FN3O3/c1-15-11-23(26)21(12-18(15)13-27)24(30)28-19-6-9-29(10-7-19)8-5-17-3-4-20-22(16(17)2)14-32-25(20)31/h3-4,11-12,19H,5-10,14H2,1-2H3,(H,28,30). The Labute approximate surface area is 187 Å². The van der Waals surface area contributed by atoms with E-state index in [4.69, 9.17) is 10.00 Å². The molecule has 1 N–H and O–H groups in total. The van der Waals surface area contributed by atoms with Crippen LogP contribution < -0.4 is 5.32 Å². The van der Waals surface area contributed by atoms with Gasteiger partial charge in [0.25, 0.3) is 5.91 Å². The van der Waals surface area contributed by atoms with Crippen LogP contribution in [0.15, 0.2) is 24.3 Å². The number of likely N-dealkylation sites (tertiary alicyclic amines) is 1. The zero-order valence-corrected chi connectivity index (χ0v) is 18.3. The fourth-order valence-corrected chi connectivity index (χ4v) is 4.48. The summed E-state index contributed by atoms with van der Waals surface area (Å²) in [4.78, 5) is 26.6. The van der Waals surface area contributed by atoms with Gasteiger partial charge in [0.1, 0.15) is 12.4 Å². The van der Waals surface area contributed by atoms with Gasteiger partial charge in [0.15, 0.2) is 0 Å². The van der Waals surface area contributed by atoms with Gasteiger partial charge in [-0.1, -0.05) is 6.07 Å². The minimum Gasteiger partial charge on any atom is -0.457 e. The van der Waals surface area contributed by atoms with Crippen LogP contribution in [-0.2, 0) is 17.8 Å². The summed E-state index contributed by atoms with van der Waals surface area (Å²) in [5, 5.41) is 12.1. The summed E-state index contributed by atoms with van der Waals surface area (Å²) in [7, 11) is 0. The third kappa shape index (κ3) is 4.37. The van der Waals surface area contributed by atoms with E-state index in [1.54, 1.807) is 6.92 Å². The van der Waals surface area contributed by atoms with Crippen molar-refractivity contribution in [2.75, 3.05) is 19.6 Å². The zero-order chi connectivity index (χ0) is 22.8. The molecule has 0 bridgehead atoms. The van der Waals surface area contributed by atoms with Gasteiger partial charge >= 0.3 is 5.97 Å². The molecular formula is C25H26FN3O3. The lowest BCUT2D eigenvalue weighted by atomic mass is 9.96. The number of hydrogen-bond donors (Lipinski definition) is 1. The number of amides is 1. The number of aryl methyl sites for hydroxylation is 1. The predicted octanol–water partition coefficient (Wildman–Crippen LogP) is 3.42. The molecule has 7 heteroatoms. The number of benzene rings is 2. The van der Waals surface area contributed by atoms with Gasteiger partial charge < -0.3 is 15.0 Å². The van der Waals surface area contributed by atoms with Crippen molar-refractivity contribution < 1.29 is 18.7 Å². The Morgan fingerprint density at radius 2 is 2.03 bits per heavy atom. The summed E-state index contributed by atoms with van der Waals surface area (Å²) in [6, 6.07) is 8.41. The van der Waals surface area contributed by atoms with Crippen LogP contribution in [0.1, 0.15) is 61.4 Å². The number of nitrogens with zero attached hydrogens (tertiary/aromatic N) is 2. The Bertz CT molecular complexity index is 1110. The number of rotatable bonds is 5. The maximum Gasteiger partial charge on any atom is 0.338 e. The van der Waals surface area contributed by atoms with E-state index >= 15 is 0 Å². The summed E-state index contributed by atoms with van der Waals surface area (Å²) in [5.74, 6) is -1.32. The highest BCUT2D eigenvalue weighted by atomic mass is 19.1. The van der Waals surface area contributed by atoms with Gasteiger partial charge in [-0.25, -0.2) is 9.18 Å². The molecule has 2 aliphatic heterocycles. The Balaban J connectivity index is 1.29. The third-order valence-corrected chi connectivity index (χ3v) is 6.58. The first-order valence-electron chi connectivity index (χ1n) is 10.9. The van der Waals surface area contributed by atoms with Crippen LogP contribution in [-0.4, -0.2) is 42.5 Å². The van der Waals surface area contributed by atoms with Crippen LogP contribution in [0.3, 0.4) is 0 Å². The van der Waals surface area contributed by atoms with Crippen LogP contribution in [0, 0.1) is 31.0 Å². The average molecular weight is 435 g/mol. The smallest absolute Gasteiger partial charge is 0.338 e. The molecule has 1 saturated heterocycles. The Morgan fingerprint density at radius 3 is 2.75 bits per heavy atom. The van der Waals surface area contributed by atoms with E-state index in [0.29, 0.717) is 23.3 Å². The summed E-state index contributed by atoms with van der Waals surface area (Å²) in [6.07, 6.45) is 2.46. The molecule has 166 valence electrons. The molecule has 1 fully saturated rings. The van der Waals surface area contributed by atoms with E-state index in [1.807, 2.05) is 25.1 Å². The quantitative estimate of drug-likeness (QED) is 0.728. The van der Waals surface area contributed by atoms with Crippen molar-refractivity contribution in [1.82, 2.24) is 10.2 Å². The molecular weight excluding hydrogens is 409 g/mol. The molecule has 6 nitrogen and oxygen atoms in total. The largest absolute Gasteiger partial charge is 0.457 e. The molecule has 0 saturated carbocycles. The highest BCUT2D eigenvalue weighted by molar-refractivity contribution is 5.95. The van der Waals surface area contributed by atoms with E-state index in [0.717, 1.165) is 50.0 Å². The molecule has 1 amide bonds. The lowest BCUT2D eigenvalue weighted by Gasteiger charge is -2.32. The fraction of sp³-hybridized carbons (Fsp3) is 0.400. The number of nitriles is 1. The molecule has 2 aliphatic rings. The van der Waals surface area contributed by atoms with Gasteiger partial charge in [-0.3, -0.25) is 4.79 Å². The lowest BCUT2D eigenvalue weighted by Crippen LogP contribution is -2.45. The molecule has 2 aromatic rings. The second kappa shape index (κ2) is 9.09. The molecule has 2 aromatic carbocycles. The van der Waals surface area contributed by atoms with Gasteiger partial charge in [0.2, 0.25) is 0 Å². The number of cyclic esters (lactones) is 1. The first-order chi connectivity index (χ1) is 15.4. The number of carbonyl (C=O) groups excluding carboxylic acids is 2. The van der Waals surface area contributed by atoms with Crippen molar-refractivity contribution in [3.05, 3.63) is 69.0 Å². The van der Waals surface area contributed by atoms with Crippen molar-refractivity contribution in [3.63, 3.8) is 0 Å². The van der Waals surface area contributed by atoms with Gasteiger partial charge in [0, 0.05) is 31.2 Å². The number of nitrogens with one attached hydrogen (secondary N) is 1. The van der Waals surface area contributed by atoms with Crippen LogP contribution in [0.5, 0.6) is 0 Å². The second-order valence-corrected chi connectivity index (χ2v) is 8.55. The number of piperidine rings is 1. The van der Waals surface area contributed by atoms with Crippen molar-refractivity contribution in [3.8, 4) is 6.07 Å². The summed E-state index contributed by atoms with van der Waals surface area (Å²) in [6.45, 7) is 6.63. The van der Waals surface area contributed by atoms with Crippen LogP contribution in [0.25, 0.3) is 0 Å². The second-order valence-electron chi connectivity index (χ2n) is 8.55. The zero-order valence-electron chi connectivity index (χ0n) is 18.3. The predicted molar refractivity (Wildman–Crippen MR) is 117 cm³/mol. The fourth-order valence-electron chi connectivity index (χ4n) is 4.48. The number of halogens is 1. The number of fused-ring (bicyclic) bond motifs is 1. The van der Waals surface area contributed by atoms with E-state index in [2.05, 4.69) is 10.2 Å². The Kier molecular flexibility index (Phi) is 6.24. The first kappa shape index (κ1) is 22.0. The molecule has 0 unspecified atom stereocenters. The molecule has 4 rings (SSSR count). The van der Waals surface area contributed by atoms with E-state index in [-0.39, 0.29) is 17.6 Å². The highest BCUT2D eigenvalue weighted by Crippen LogP contribution is 2.26. The Morgan fingerprint density at radius 1 is 1.28 bits per heavy atom.